The van der Waals surface area contributed by atoms with E-state index < -0.39 is 0 Å². The Hall–Kier alpha value is -2.33. The summed E-state index contributed by atoms with van der Waals surface area (Å²) in [6.07, 6.45) is 3.07. The molecule has 1 unspecified atom stereocenters. The van der Waals surface area contributed by atoms with Crippen LogP contribution in [0.2, 0.25) is 0 Å². The van der Waals surface area contributed by atoms with Crippen molar-refractivity contribution in [3.05, 3.63) is 64.2 Å². The average Bonchev–Trinajstić information content (AvgIpc) is 3.02. The summed E-state index contributed by atoms with van der Waals surface area (Å²) in [5, 5.41) is 3.18. The van der Waals surface area contributed by atoms with Gasteiger partial charge < -0.3 is 15.8 Å². The molecule has 4 nitrogen and oxygen atoms in total. The highest BCUT2D eigenvalue weighted by molar-refractivity contribution is 5.94. The molecule has 0 saturated heterocycles. The minimum atomic E-state index is -0.0191. The monoisotopic (exact) mass is 308 g/mol. The number of carbonyl (C=O) groups excluding carboxylic acids is 1. The van der Waals surface area contributed by atoms with Gasteiger partial charge in [0.1, 0.15) is 0 Å². The molecule has 1 atom stereocenters. The third kappa shape index (κ3) is 2.70. The van der Waals surface area contributed by atoms with Crippen LogP contribution in [-0.4, -0.2) is 5.91 Å². The SMILES string of the molecule is Nc1ccc2c(c1)CCCC2NC(=O)c1ccc2c(c1)COC2. The number of ether oxygens (including phenoxy) is 1. The molecule has 1 heterocycles. The van der Waals surface area contributed by atoms with Crippen molar-refractivity contribution in [2.24, 2.45) is 0 Å². The van der Waals surface area contributed by atoms with E-state index in [1.807, 2.05) is 36.4 Å². The fourth-order valence-electron chi connectivity index (χ4n) is 3.54. The predicted molar refractivity (Wildman–Crippen MR) is 88.9 cm³/mol. The van der Waals surface area contributed by atoms with Crippen LogP contribution < -0.4 is 11.1 Å². The van der Waals surface area contributed by atoms with Gasteiger partial charge in [0, 0.05) is 11.3 Å². The van der Waals surface area contributed by atoms with Crippen molar-refractivity contribution in [2.45, 2.75) is 38.5 Å². The first kappa shape index (κ1) is 14.3. The fourth-order valence-corrected chi connectivity index (χ4v) is 3.54. The summed E-state index contributed by atoms with van der Waals surface area (Å²) >= 11 is 0. The smallest absolute Gasteiger partial charge is 0.251 e. The van der Waals surface area contributed by atoms with Crippen LogP contribution in [0.25, 0.3) is 0 Å². The molecule has 23 heavy (non-hydrogen) atoms. The van der Waals surface area contributed by atoms with Gasteiger partial charge in [-0.1, -0.05) is 12.1 Å². The molecule has 118 valence electrons. The number of carbonyl (C=O) groups is 1. The number of amides is 1. The van der Waals surface area contributed by atoms with Crippen molar-refractivity contribution in [3.63, 3.8) is 0 Å². The minimum Gasteiger partial charge on any atom is -0.399 e. The summed E-state index contributed by atoms with van der Waals surface area (Å²) in [6.45, 7) is 1.25. The summed E-state index contributed by atoms with van der Waals surface area (Å²) in [4.78, 5) is 12.6. The van der Waals surface area contributed by atoms with Crippen LogP contribution in [0.15, 0.2) is 36.4 Å². The van der Waals surface area contributed by atoms with Gasteiger partial charge in [-0.2, -0.15) is 0 Å². The number of hydrogen-bond donors (Lipinski definition) is 2. The van der Waals surface area contributed by atoms with E-state index in [0.29, 0.717) is 18.8 Å². The van der Waals surface area contributed by atoms with Crippen molar-refractivity contribution >= 4 is 11.6 Å². The normalized spacial score (nSPS) is 19.0. The van der Waals surface area contributed by atoms with Crippen LogP contribution in [0.4, 0.5) is 5.69 Å². The quantitative estimate of drug-likeness (QED) is 0.838. The summed E-state index contributed by atoms with van der Waals surface area (Å²) in [5.74, 6) is -0.0191. The summed E-state index contributed by atoms with van der Waals surface area (Å²) in [7, 11) is 0. The van der Waals surface area contributed by atoms with Crippen molar-refractivity contribution in [1.82, 2.24) is 5.32 Å². The molecular formula is C19H20N2O2. The van der Waals surface area contributed by atoms with E-state index >= 15 is 0 Å². The molecule has 2 aromatic rings. The minimum absolute atomic E-state index is 0.0191. The molecule has 0 fully saturated rings. The second-order valence-electron chi connectivity index (χ2n) is 6.35. The molecule has 0 saturated carbocycles. The Morgan fingerprint density at radius 2 is 1.96 bits per heavy atom. The lowest BCUT2D eigenvalue weighted by Gasteiger charge is -2.26. The molecule has 0 aromatic heterocycles. The highest BCUT2D eigenvalue weighted by Gasteiger charge is 2.23. The third-order valence-electron chi connectivity index (χ3n) is 4.77. The van der Waals surface area contributed by atoms with Gasteiger partial charge in [0.15, 0.2) is 0 Å². The number of aryl methyl sites for hydroxylation is 1. The van der Waals surface area contributed by atoms with Gasteiger partial charge in [-0.05, 0) is 65.8 Å². The number of anilines is 1. The Bertz CT molecular complexity index is 770. The van der Waals surface area contributed by atoms with Crippen molar-refractivity contribution in [3.8, 4) is 0 Å². The second kappa shape index (κ2) is 5.70. The van der Waals surface area contributed by atoms with Gasteiger partial charge >= 0.3 is 0 Å². The summed E-state index contributed by atoms with van der Waals surface area (Å²) in [6, 6.07) is 11.9. The maximum absolute atomic E-state index is 12.6. The van der Waals surface area contributed by atoms with E-state index in [9.17, 15) is 4.79 Å². The largest absolute Gasteiger partial charge is 0.399 e. The molecule has 0 bridgehead atoms. The maximum atomic E-state index is 12.6. The predicted octanol–water partition coefficient (Wildman–Crippen LogP) is 3.11. The van der Waals surface area contributed by atoms with E-state index in [1.165, 1.54) is 16.7 Å². The van der Waals surface area contributed by atoms with Gasteiger partial charge in [0.05, 0.1) is 19.3 Å². The van der Waals surface area contributed by atoms with Crippen LogP contribution >= 0.6 is 0 Å². The molecule has 1 aliphatic carbocycles. The first-order valence-corrected chi connectivity index (χ1v) is 8.09. The average molecular weight is 308 g/mol. The molecule has 2 aromatic carbocycles. The zero-order valence-electron chi connectivity index (χ0n) is 13.0. The molecule has 1 amide bonds. The molecule has 4 heteroatoms. The topological polar surface area (TPSA) is 64.3 Å². The molecule has 2 aliphatic rings. The Balaban J connectivity index is 1.56. The van der Waals surface area contributed by atoms with E-state index in [2.05, 4.69) is 5.32 Å². The highest BCUT2D eigenvalue weighted by Crippen LogP contribution is 2.31. The third-order valence-corrected chi connectivity index (χ3v) is 4.77. The fraction of sp³-hybridized carbons (Fsp3) is 0.316. The number of nitrogens with one attached hydrogen (secondary N) is 1. The van der Waals surface area contributed by atoms with E-state index in [1.54, 1.807) is 0 Å². The lowest BCUT2D eigenvalue weighted by atomic mass is 9.87. The van der Waals surface area contributed by atoms with Gasteiger partial charge in [0.2, 0.25) is 0 Å². The zero-order chi connectivity index (χ0) is 15.8. The lowest BCUT2D eigenvalue weighted by molar-refractivity contribution is 0.0932. The number of hydrogen-bond acceptors (Lipinski definition) is 3. The number of nitrogens with two attached hydrogens (primary N) is 1. The molecule has 3 N–H and O–H groups in total. The van der Waals surface area contributed by atoms with Gasteiger partial charge in [-0.15, -0.1) is 0 Å². The first-order valence-electron chi connectivity index (χ1n) is 8.09. The lowest BCUT2D eigenvalue weighted by Crippen LogP contribution is -2.31. The van der Waals surface area contributed by atoms with Gasteiger partial charge in [-0.3, -0.25) is 4.79 Å². The van der Waals surface area contributed by atoms with Crippen LogP contribution in [0.3, 0.4) is 0 Å². The van der Waals surface area contributed by atoms with Crippen molar-refractivity contribution in [1.29, 1.82) is 0 Å². The zero-order valence-corrected chi connectivity index (χ0v) is 13.0. The first-order chi connectivity index (χ1) is 11.2. The summed E-state index contributed by atoms with van der Waals surface area (Å²) < 4.78 is 5.41. The van der Waals surface area contributed by atoms with Gasteiger partial charge in [0.25, 0.3) is 5.91 Å². The van der Waals surface area contributed by atoms with Crippen LogP contribution in [0.1, 0.15) is 51.5 Å². The Morgan fingerprint density at radius 3 is 2.87 bits per heavy atom. The molecular weight excluding hydrogens is 288 g/mol. The highest BCUT2D eigenvalue weighted by atomic mass is 16.5. The molecule has 0 spiro atoms. The van der Waals surface area contributed by atoms with Gasteiger partial charge in [-0.25, -0.2) is 0 Å². The van der Waals surface area contributed by atoms with Crippen molar-refractivity contribution in [2.75, 3.05) is 5.73 Å². The van der Waals surface area contributed by atoms with E-state index in [4.69, 9.17) is 10.5 Å². The Labute approximate surface area is 135 Å². The maximum Gasteiger partial charge on any atom is 0.251 e. The van der Waals surface area contributed by atoms with Crippen LogP contribution in [0, 0.1) is 0 Å². The van der Waals surface area contributed by atoms with Crippen LogP contribution in [-0.2, 0) is 24.4 Å². The number of fused-ring (bicyclic) bond motifs is 2. The Kier molecular flexibility index (Phi) is 3.54. The number of rotatable bonds is 2. The van der Waals surface area contributed by atoms with E-state index in [0.717, 1.165) is 30.5 Å². The standard InChI is InChI=1S/C19H20N2O2/c20-16-6-7-17-12(9-16)2-1-3-18(17)21-19(22)13-4-5-14-10-23-11-15(14)8-13/h4-9,18H,1-3,10-11,20H2,(H,21,22). The van der Waals surface area contributed by atoms with E-state index in [-0.39, 0.29) is 11.9 Å². The number of nitrogen functional groups attached to an aromatic ring is 1. The molecule has 1 aliphatic heterocycles. The molecule has 4 rings (SSSR count). The van der Waals surface area contributed by atoms with Crippen LogP contribution in [0.5, 0.6) is 0 Å². The Morgan fingerprint density at radius 1 is 1.09 bits per heavy atom. The summed E-state index contributed by atoms with van der Waals surface area (Å²) in [5.41, 5.74) is 12.1. The molecule has 0 radical (unpaired) electrons. The number of benzene rings is 2. The second-order valence-corrected chi connectivity index (χ2v) is 6.35. The van der Waals surface area contributed by atoms with Crippen molar-refractivity contribution < 1.29 is 9.53 Å².